The minimum Gasteiger partial charge on any atom is -0.460 e. The Kier molecular flexibility index (Phi) is 3.15. The third kappa shape index (κ3) is 2.31. The molecule has 0 N–H and O–H groups in total. The van der Waals surface area contributed by atoms with Crippen LogP contribution in [0.3, 0.4) is 0 Å². The summed E-state index contributed by atoms with van der Waals surface area (Å²) in [7, 11) is 0. The minimum atomic E-state index is -0.487. The van der Waals surface area contributed by atoms with Crippen molar-refractivity contribution in [2.45, 2.75) is 13.3 Å². The van der Waals surface area contributed by atoms with E-state index in [1.807, 2.05) is 0 Å². The highest BCUT2D eigenvalue weighted by Crippen LogP contribution is 2.19. The first-order valence-electron chi connectivity index (χ1n) is 5.03. The lowest BCUT2D eigenvalue weighted by atomic mass is 10.2. The summed E-state index contributed by atoms with van der Waals surface area (Å²) in [6.07, 6.45) is 1.32. The monoisotopic (exact) mass is 252 g/mol. The van der Waals surface area contributed by atoms with Gasteiger partial charge in [-0.3, -0.25) is 9.59 Å². The van der Waals surface area contributed by atoms with Gasteiger partial charge in [-0.1, -0.05) is 18.5 Å². The predicted molar refractivity (Wildman–Crippen MR) is 63.4 cm³/mol. The number of fused-ring (bicyclic) bond motifs is 1. The third-order valence-electron chi connectivity index (χ3n) is 2.22. The summed E-state index contributed by atoms with van der Waals surface area (Å²) in [6, 6.07) is 4.68. The Balaban J connectivity index is 2.57. The molecule has 0 saturated carbocycles. The zero-order chi connectivity index (χ0) is 12.4. The zero-order valence-electron chi connectivity index (χ0n) is 9.03. The Bertz CT molecular complexity index is 630. The Labute approximate surface area is 102 Å². The number of hydrogen-bond donors (Lipinski definition) is 0. The van der Waals surface area contributed by atoms with E-state index in [9.17, 15) is 9.59 Å². The molecule has 1 aromatic heterocycles. The first-order chi connectivity index (χ1) is 8.11. The third-order valence-corrected chi connectivity index (χ3v) is 2.45. The number of hydrogen-bond acceptors (Lipinski definition) is 4. The lowest BCUT2D eigenvalue weighted by Crippen LogP contribution is -2.13. The number of esters is 1. The van der Waals surface area contributed by atoms with E-state index in [-0.39, 0.29) is 12.2 Å². The van der Waals surface area contributed by atoms with E-state index in [0.717, 1.165) is 6.26 Å². The molecule has 0 atom stereocenters. The van der Waals surface area contributed by atoms with Gasteiger partial charge in [0.1, 0.15) is 11.8 Å². The predicted octanol–water partition coefficient (Wildman–Crippen LogP) is 2.76. The molecule has 0 aliphatic rings. The molecular formula is C12H9ClO4. The van der Waals surface area contributed by atoms with Crippen molar-refractivity contribution in [1.29, 1.82) is 0 Å². The number of ether oxygens (including phenoxy) is 1. The van der Waals surface area contributed by atoms with Crippen LogP contribution in [0, 0.1) is 0 Å². The molecule has 2 rings (SSSR count). The molecule has 5 heteroatoms. The lowest BCUT2D eigenvalue weighted by molar-refractivity contribution is -0.134. The van der Waals surface area contributed by atoms with Gasteiger partial charge in [0, 0.05) is 11.4 Å². The highest BCUT2D eigenvalue weighted by Gasteiger charge is 2.11. The number of carbonyl (C=O) groups is 1. The summed E-state index contributed by atoms with van der Waals surface area (Å²) in [4.78, 5) is 23.0. The van der Waals surface area contributed by atoms with Crippen LogP contribution in [0.25, 0.3) is 11.0 Å². The van der Waals surface area contributed by atoms with Crippen LogP contribution in [-0.4, -0.2) is 5.97 Å². The highest BCUT2D eigenvalue weighted by molar-refractivity contribution is 6.31. The topological polar surface area (TPSA) is 56.5 Å². The summed E-state index contributed by atoms with van der Waals surface area (Å²) in [5.74, 6) is -0.606. The fraction of sp³-hybridized carbons (Fsp3) is 0.167. The van der Waals surface area contributed by atoms with Gasteiger partial charge in [-0.25, -0.2) is 0 Å². The summed E-state index contributed by atoms with van der Waals surface area (Å²) < 4.78 is 10.0. The first kappa shape index (κ1) is 11.7. The Morgan fingerprint density at radius 2 is 2.24 bits per heavy atom. The Morgan fingerprint density at radius 3 is 2.94 bits per heavy atom. The molecule has 0 aliphatic carbocycles. The molecule has 2 aromatic rings. The average molecular weight is 253 g/mol. The maximum atomic E-state index is 11.9. The summed E-state index contributed by atoms with van der Waals surface area (Å²) in [6.45, 7) is 1.64. The molecule has 0 radical (unpaired) electrons. The maximum Gasteiger partial charge on any atom is 0.311 e. The minimum absolute atomic E-state index is 0.119. The van der Waals surface area contributed by atoms with Gasteiger partial charge < -0.3 is 9.15 Å². The van der Waals surface area contributed by atoms with E-state index in [4.69, 9.17) is 20.8 Å². The quantitative estimate of drug-likeness (QED) is 0.771. The highest BCUT2D eigenvalue weighted by atomic mass is 35.5. The molecular weight excluding hydrogens is 244 g/mol. The van der Waals surface area contributed by atoms with Crippen LogP contribution in [0.1, 0.15) is 13.3 Å². The van der Waals surface area contributed by atoms with Crippen molar-refractivity contribution in [2.24, 2.45) is 0 Å². The summed E-state index contributed by atoms with van der Waals surface area (Å²) in [5, 5.41) is 0.711. The van der Waals surface area contributed by atoms with E-state index >= 15 is 0 Å². The van der Waals surface area contributed by atoms with Crippen LogP contribution in [0.5, 0.6) is 5.75 Å². The molecule has 0 fully saturated rings. The molecule has 0 aliphatic heterocycles. The van der Waals surface area contributed by atoms with Gasteiger partial charge in [-0.15, -0.1) is 0 Å². The fourth-order valence-corrected chi connectivity index (χ4v) is 1.52. The first-order valence-corrected chi connectivity index (χ1v) is 5.41. The second-order valence-electron chi connectivity index (χ2n) is 3.40. The van der Waals surface area contributed by atoms with Gasteiger partial charge in [-0.05, 0) is 18.2 Å². The van der Waals surface area contributed by atoms with Gasteiger partial charge in [0.15, 0.2) is 0 Å². The van der Waals surface area contributed by atoms with Crippen LogP contribution in [0.4, 0.5) is 0 Å². The number of rotatable bonds is 2. The summed E-state index contributed by atoms with van der Waals surface area (Å²) in [5.41, 5.74) is -0.00810. The van der Waals surface area contributed by atoms with E-state index in [1.165, 1.54) is 6.07 Å². The van der Waals surface area contributed by atoms with Crippen LogP contribution in [-0.2, 0) is 4.79 Å². The standard InChI is InChI=1S/C12H9ClO4/c1-2-11(14)17-10-6-16-9-4-3-7(13)5-8(9)12(10)15/h3-6H,2H2,1H3. The molecule has 4 nitrogen and oxygen atoms in total. The van der Waals surface area contributed by atoms with Gasteiger partial charge in [0.2, 0.25) is 11.2 Å². The van der Waals surface area contributed by atoms with Crippen molar-refractivity contribution < 1.29 is 13.9 Å². The van der Waals surface area contributed by atoms with Gasteiger partial charge in [-0.2, -0.15) is 0 Å². The van der Waals surface area contributed by atoms with Crippen LogP contribution >= 0.6 is 11.6 Å². The Morgan fingerprint density at radius 1 is 1.47 bits per heavy atom. The molecule has 0 saturated heterocycles. The molecule has 1 heterocycles. The molecule has 0 bridgehead atoms. The zero-order valence-corrected chi connectivity index (χ0v) is 9.78. The number of benzene rings is 1. The largest absolute Gasteiger partial charge is 0.460 e. The van der Waals surface area contributed by atoms with E-state index in [2.05, 4.69) is 0 Å². The second-order valence-corrected chi connectivity index (χ2v) is 3.83. The van der Waals surface area contributed by atoms with Crippen molar-refractivity contribution in [1.82, 2.24) is 0 Å². The second kappa shape index (κ2) is 4.59. The maximum absolute atomic E-state index is 11.9. The molecule has 0 amide bonds. The SMILES string of the molecule is CCC(=O)Oc1coc2ccc(Cl)cc2c1=O. The normalized spacial score (nSPS) is 10.5. The lowest BCUT2D eigenvalue weighted by Gasteiger charge is -2.02. The van der Waals surface area contributed by atoms with Crippen LogP contribution in [0.2, 0.25) is 5.02 Å². The van der Waals surface area contributed by atoms with Crippen molar-refractivity contribution in [3.8, 4) is 5.75 Å². The van der Waals surface area contributed by atoms with Crippen LogP contribution < -0.4 is 10.2 Å². The fourth-order valence-electron chi connectivity index (χ4n) is 1.35. The smallest absolute Gasteiger partial charge is 0.311 e. The van der Waals surface area contributed by atoms with Crippen molar-refractivity contribution in [3.05, 3.63) is 39.7 Å². The molecule has 0 unspecified atom stereocenters. The molecule has 17 heavy (non-hydrogen) atoms. The average Bonchev–Trinajstić information content (AvgIpc) is 2.33. The molecule has 0 spiro atoms. The van der Waals surface area contributed by atoms with Gasteiger partial charge >= 0.3 is 5.97 Å². The van der Waals surface area contributed by atoms with Crippen molar-refractivity contribution >= 4 is 28.5 Å². The van der Waals surface area contributed by atoms with E-state index in [1.54, 1.807) is 19.1 Å². The van der Waals surface area contributed by atoms with E-state index in [0.29, 0.717) is 16.0 Å². The Hall–Kier alpha value is -1.81. The van der Waals surface area contributed by atoms with Crippen LogP contribution in [0.15, 0.2) is 33.7 Å². The molecule has 88 valence electrons. The van der Waals surface area contributed by atoms with Gasteiger partial charge in [0.25, 0.3) is 0 Å². The van der Waals surface area contributed by atoms with Crippen molar-refractivity contribution in [2.75, 3.05) is 0 Å². The summed E-state index contributed by atoms with van der Waals surface area (Å²) >= 11 is 5.79. The van der Waals surface area contributed by atoms with Gasteiger partial charge in [0.05, 0.1) is 5.39 Å². The van der Waals surface area contributed by atoms with Crippen molar-refractivity contribution in [3.63, 3.8) is 0 Å². The number of halogens is 1. The van der Waals surface area contributed by atoms with E-state index < -0.39 is 11.4 Å². The number of carbonyl (C=O) groups excluding carboxylic acids is 1. The molecule has 1 aromatic carbocycles.